The van der Waals surface area contributed by atoms with Crippen LogP contribution in [0.2, 0.25) is 0 Å². The summed E-state index contributed by atoms with van der Waals surface area (Å²) < 4.78 is 10.9. The van der Waals surface area contributed by atoms with Gasteiger partial charge in [0.15, 0.2) is 0 Å². The first-order chi connectivity index (χ1) is 24.6. The van der Waals surface area contributed by atoms with Crippen molar-refractivity contribution in [2.45, 2.75) is 130 Å². The van der Waals surface area contributed by atoms with Crippen molar-refractivity contribution in [1.29, 1.82) is 0 Å². The molecule has 0 aliphatic rings. The Morgan fingerprint density at radius 1 is 0.647 bits per heavy atom. The second-order valence-electron chi connectivity index (χ2n) is 14.2. The minimum absolute atomic E-state index is 0.0927. The van der Waals surface area contributed by atoms with Gasteiger partial charge in [0.2, 0.25) is 0 Å². The van der Waals surface area contributed by atoms with Crippen LogP contribution in [0.4, 0.5) is 0 Å². The highest BCUT2D eigenvalue weighted by atomic mass is 32.2. The number of hydrogen-bond acceptors (Lipinski definition) is 7. The maximum Gasteiger partial charge on any atom is 0.251 e. The summed E-state index contributed by atoms with van der Waals surface area (Å²) in [6.07, 6.45) is 13.9. The average Bonchev–Trinajstić information content (AvgIpc) is 3.10. The van der Waals surface area contributed by atoms with E-state index in [-0.39, 0.29) is 11.8 Å². The van der Waals surface area contributed by atoms with Gasteiger partial charge in [0.25, 0.3) is 11.8 Å². The average molecular weight is 729 g/mol. The number of aliphatic hydroxyl groups is 2. The molecule has 9 heteroatoms. The zero-order valence-electron chi connectivity index (χ0n) is 32.4. The van der Waals surface area contributed by atoms with Gasteiger partial charge >= 0.3 is 0 Å². The molecule has 4 N–H and O–H groups in total. The van der Waals surface area contributed by atoms with Crippen LogP contribution in [0.25, 0.3) is 0 Å². The first-order valence-corrected chi connectivity index (χ1v) is 20.6. The van der Waals surface area contributed by atoms with Gasteiger partial charge in [0.05, 0.1) is 26.4 Å². The predicted molar refractivity (Wildman–Crippen MR) is 212 cm³/mol. The summed E-state index contributed by atoms with van der Waals surface area (Å²) in [6.45, 7) is 9.21. The highest BCUT2D eigenvalue weighted by Gasteiger charge is 2.17. The number of methoxy groups -OCH3 is 2. The number of aliphatic hydroxyl groups excluding tert-OH is 2. The molecular weight excluding hydrogens is 661 g/mol. The van der Waals surface area contributed by atoms with Gasteiger partial charge in [-0.15, -0.1) is 0 Å². The van der Waals surface area contributed by atoms with Gasteiger partial charge in [0, 0.05) is 37.1 Å². The standard InChI is InChI=1S/C42H68N2O6S/c1-7-9-11-13-15-33(21-23-43-41(47)35-17-19-39(49-5)37(27-35)25-31(3)45)29-51-30-34(16-14-12-10-8-2)22-24-44-42(48)36-18-20-40(50-6)38(28-36)26-32(4)46/h17-20,27-28,31-34,45-46H,7-16,21-26,29-30H2,1-6H3,(H,43,47)(H,44,48). The molecular formula is C42H68N2O6S. The zero-order valence-corrected chi connectivity index (χ0v) is 33.3. The van der Waals surface area contributed by atoms with Crippen LogP contribution in [-0.2, 0) is 12.8 Å². The van der Waals surface area contributed by atoms with E-state index >= 15 is 0 Å². The Morgan fingerprint density at radius 3 is 1.41 bits per heavy atom. The number of thioether (sulfide) groups is 1. The van der Waals surface area contributed by atoms with Gasteiger partial charge in [0.1, 0.15) is 11.5 Å². The predicted octanol–water partition coefficient (Wildman–Crippen LogP) is 8.40. The largest absolute Gasteiger partial charge is 0.496 e. The van der Waals surface area contributed by atoms with Crippen molar-refractivity contribution in [2.75, 3.05) is 38.8 Å². The number of carbonyl (C=O) groups is 2. The van der Waals surface area contributed by atoms with Gasteiger partial charge in [-0.05, 0) is 110 Å². The van der Waals surface area contributed by atoms with Crippen LogP contribution in [0, 0.1) is 11.8 Å². The van der Waals surface area contributed by atoms with Gasteiger partial charge in [-0.25, -0.2) is 0 Å². The Balaban J connectivity index is 1.96. The Bertz CT molecular complexity index is 1170. The molecule has 2 rings (SSSR count). The number of hydrogen-bond donors (Lipinski definition) is 4. The molecule has 8 nitrogen and oxygen atoms in total. The van der Waals surface area contributed by atoms with E-state index in [1.54, 1.807) is 52.3 Å². The van der Waals surface area contributed by atoms with Crippen LogP contribution >= 0.6 is 11.8 Å². The quantitative estimate of drug-likeness (QED) is 0.0651. The molecule has 0 spiro atoms. The van der Waals surface area contributed by atoms with E-state index in [4.69, 9.17) is 9.47 Å². The summed E-state index contributed by atoms with van der Waals surface area (Å²) in [5, 5.41) is 26.1. The van der Waals surface area contributed by atoms with Crippen LogP contribution in [0.15, 0.2) is 36.4 Å². The fourth-order valence-electron chi connectivity index (χ4n) is 6.52. The highest BCUT2D eigenvalue weighted by molar-refractivity contribution is 7.99. The van der Waals surface area contributed by atoms with E-state index in [9.17, 15) is 19.8 Å². The minimum atomic E-state index is -0.521. The molecule has 0 saturated heterocycles. The first kappa shape index (κ1) is 44.4. The maximum absolute atomic E-state index is 13.1. The zero-order chi connectivity index (χ0) is 37.4. The summed E-state index contributed by atoms with van der Waals surface area (Å²) in [7, 11) is 3.21. The van der Waals surface area contributed by atoms with Crippen molar-refractivity contribution in [1.82, 2.24) is 10.6 Å². The lowest BCUT2D eigenvalue weighted by Crippen LogP contribution is -2.27. The third kappa shape index (κ3) is 18.0. The SMILES string of the molecule is CCCCCCC(CCNC(=O)c1ccc(OC)c(CC(C)O)c1)CSCC(CCCCCC)CCNC(=O)c1ccc(OC)c(CC(C)O)c1. The van der Waals surface area contributed by atoms with E-state index in [2.05, 4.69) is 24.5 Å². The molecule has 0 aliphatic carbocycles. The van der Waals surface area contributed by atoms with Gasteiger partial charge < -0.3 is 30.3 Å². The van der Waals surface area contributed by atoms with E-state index in [1.807, 2.05) is 23.9 Å². The van der Waals surface area contributed by atoms with Gasteiger partial charge in [-0.2, -0.15) is 11.8 Å². The summed E-state index contributed by atoms with van der Waals surface area (Å²) >= 11 is 2.03. The molecule has 0 heterocycles. The second-order valence-corrected chi connectivity index (χ2v) is 15.3. The molecule has 2 aromatic rings. The Hall–Kier alpha value is -2.75. The van der Waals surface area contributed by atoms with Gasteiger partial charge in [-0.1, -0.05) is 65.2 Å². The Labute approximate surface area is 313 Å². The lowest BCUT2D eigenvalue weighted by atomic mass is 9.98. The van der Waals surface area contributed by atoms with E-state index < -0.39 is 12.2 Å². The fourth-order valence-corrected chi connectivity index (χ4v) is 7.99. The second kappa shape index (κ2) is 26.1. The third-order valence-electron chi connectivity index (χ3n) is 9.43. The number of unbranched alkanes of at least 4 members (excludes halogenated alkanes) is 6. The Morgan fingerprint density at radius 2 is 1.06 bits per heavy atom. The molecule has 0 aromatic heterocycles. The topological polar surface area (TPSA) is 117 Å². The molecule has 2 amide bonds. The smallest absolute Gasteiger partial charge is 0.251 e. The highest BCUT2D eigenvalue weighted by Crippen LogP contribution is 2.26. The van der Waals surface area contributed by atoms with Crippen molar-refractivity contribution in [2.24, 2.45) is 11.8 Å². The third-order valence-corrected chi connectivity index (χ3v) is 10.8. The van der Waals surface area contributed by atoms with Crippen molar-refractivity contribution >= 4 is 23.6 Å². The number of nitrogens with one attached hydrogen (secondary N) is 2. The van der Waals surface area contributed by atoms with E-state index in [1.165, 1.54) is 64.2 Å². The molecule has 0 radical (unpaired) electrons. The minimum Gasteiger partial charge on any atom is -0.496 e. The first-order valence-electron chi connectivity index (χ1n) is 19.5. The van der Waals surface area contributed by atoms with Crippen molar-refractivity contribution in [3.8, 4) is 11.5 Å². The molecule has 288 valence electrons. The summed E-state index contributed by atoms with van der Waals surface area (Å²) in [5.74, 6) is 4.37. The van der Waals surface area contributed by atoms with E-state index in [0.717, 1.165) is 35.5 Å². The van der Waals surface area contributed by atoms with Crippen LogP contribution in [0.5, 0.6) is 11.5 Å². The number of benzene rings is 2. The molecule has 0 fully saturated rings. The van der Waals surface area contributed by atoms with Gasteiger partial charge in [-0.3, -0.25) is 9.59 Å². The molecule has 0 aliphatic heterocycles. The lowest BCUT2D eigenvalue weighted by molar-refractivity contribution is 0.0943. The van der Waals surface area contributed by atoms with Crippen LogP contribution in [0.1, 0.15) is 137 Å². The van der Waals surface area contributed by atoms with Crippen molar-refractivity contribution < 1.29 is 29.3 Å². The molecule has 0 saturated carbocycles. The fraction of sp³-hybridized carbons (Fsp3) is 0.667. The normalized spacial score (nSPS) is 13.6. The summed E-state index contributed by atoms with van der Waals surface area (Å²) in [5.41, 5.74) is 2.84. The molecule has 4 atom stereocenters. The monoisotopic (exact) mass is 728 g/mol. The lowest BCUT2D eigenvalue weighted by Gasteiger charge is -2.21. The molecule has 4 unspecified atom stereocenters. The maximum atomic E-state index is 13.1. The molecule has 0 bridgehead atoms. The number of carbonyl (C=O) groups excluding carboxylic acids is 2. The number of amides is 2. The van der Waals surface area contributed by atoms with Crippen LogP contribution in [0.3, 0.4) is 0 Å². The molecule has 51 heavy (non-hydrogen) atoms. The van der Waals surface area contributed by atoms with Crippen LogP contribution in [-0.4, -0.2) is 73.1 Å². The van der Waals surface area contributed by atoms with Crippen molar-refractivity contribution in [3.63, 3.8) is 0 Å². The van der Waals surface area contributed by atoms with Crippen molar-refractivity contribution in [3.05, 3.63) is 58.7 Å². The summed E-state index contributed by atoms with van der Waals surface area (Å²) in [6, 6.07) is 10.8. The van der Waals surface area contributed by atoms with E-state index in [0.29, 0.717) is 60.4 Å². The Kier molecular flexibility index (Phi) is 22.7. The number of ether oxygens (including phenoxy) is 2. The van der Waals surface area contributed by atoms with Crippen LogP contribution < -0.4 is 20.1 Å². The number of rotatable bonds is 28. The molecule has 2 aromatic carbocycles. The summed E-state index contributed by atoms with van der Waals surface area (Å²) in [4.78, 5) is 26.1.